The summed E-state index contributed by atoms with van der Waals surface area (Å²) in [7, 11) is -4.05. The molecule has 3 aromatic carbocycles. The number of sulfonamides is 1. The molecule has 0 spiro atoms. The molecule has 9 heteroatoms. The molecule has 0 aliphatic carbocycles. The summed E-state index contributed by atoms with van der Waals surface area (Å²) < 4.78 is 26.8. The van der Waals surface area contributed by atoms with Gasteiger partial charge in [-0.15, -0.1) is 0 Å². The minimum absolute atomic E-state index is 0.0580. The number of hydrogen-bond donors (Lipinski definition) is 1. The zero-order valence-electron chi connectivity index (χ0n) is 22.3. The summed E-state index contributed by atoms with van der Waals surface area (Å²) in [6.07, 6.45) is 0.0222. The van der Waals surface area contributed by atoms with Crippen molar-refractivity contribution >= 4 is 27.7 Å². The summed E-state index contributed by atoms with van der Waals surface area (Å²) >= 11 is 0. The topological polar surface area (TPSA) is 104 Å². The zero-order valence-corrected chi connectivity index (χ0v) is 23.1. The highest BCUT2D eigenvalue weighted by Crippen LogP contribution is 2.30. The van der Waals surface area contributed by atoms with Gasteiger partial charge in [0.1, 0.15) is 10.9 Å². The standard InChI is InChI=1S/C30H33N3O5S/c1-21(2)31-29(35)26(19-23-11-5-4-6-12-23)32(20-24-13-9-10-22(3)18-24)28(34)16-17-33-30(36)25-14-7-8-15-27(25)39(33,37)38/h4-15,18,21,26H,16-17,19-20H2,1-3H3,(H,31,35)/t26-/m1/s1. The van der Waals surface area contributed by atoms with Gasteiger partial charge in [0.2, 0.25) is 11.8 Å². The van der Waals surface area contributed by atoms with Gasteiger partial charge < -0.3 is 10.2 Å². The number of nitrogens with zero attached hydrogens (tertiary/aromatic N) is 2. The van der Waals surface area contributed by atoms with Crippen LogP contribution in [0.4, 0.5) is 0 Å². The lowest BCUT2D eigenvalue weighted by molar-refractivity contribution is -0.141. The molecule has 39 heavy (non-hydrogen) atoms. The van der Waals surface area contributed by atoms with E-state index in [-0.39, 0.29) is 48.3 Å². The van der Waals surface area contributed by atoms with Crippen molar-refractivity contribution in [3.63, 3.8) is 0 Å². The van der Waals surface area contributed by atoms with Crippen LogP contribution in [0.3, 0.4) is 0 Å². The number of hydrogen-bond acceptors (Lipinski definition) is 5. The van der Waals surface area contributed by atoms with E-state index < -0.39 is 27.9 Å². The first-order chi connectivity index (χ1) is 18.6. The quantitative estimate of drug-likeness (QED) is 0.417. The molecule has 3 amide bonds. The van der Waals surface area contributed by atoms with Crippen molar-refractivity contribution in [3.05, 3.63) is 101 Å². The van der Waals surface area contributed by atoms with E-state index in [1.807, 2.05) is 75.4 Å². The molecular weight excluding hydrogens is 514 g/mol. The Balaban J connectivity index is 1.64. The van der Waals surface area contributed by atoms with Crippen LogP contribution in [0.25, 0.3) is 0 Å². The molecule has 0 radical (unpaired) electrons. The molecule has 204 valence electrons. The maximum absolute atomic E-state index is 13.8. The van der Waals surface area contributed by atoms with Gasteiger partial charge in [-0.05, 0) is 44.0 Å². The molecule has 3 aromatic rings. The van der Waals surface area contributed by atoms with Crippen molar-refractivity contribution in [2.45, 2.75) is 57.1 Å². The third-order valence-electron chi connectivity index (χ3n) is 6.58. The van der Waals surface area contributed by atoms with Gasteiger partial charge in [-0.3, -0.25) is 14.4 Å². The van der Waals surface area contributed by atoms with Gasteiger partial charge >= 0.3 is 0 Å². The summed E-state index contributed by atoms with van der Waals surface area (Å²) in [6, 6.07) is 22.1. The van der Waals surface area contributed by atoms with Crippen LogP contribution in [0.2, 0.25) is 0 Å². The maximum Gasteiger partial charge on any atom is 0.269 e. The number of nitrogens with one attached hydrogen (secondary N) is 1. The Labute approximate surface area is 229 Å². The molecule has 1 heterocycles. The van der Waals surface area contributed by atoms with E-state index in [1.165, 1.54) is 17.0 Å². The molecule has 0 saturated carbocycles. The van der Waals surface area contributed by atoms with Crippen LogP contribution in [0.1, 0.15) is 47.3 Å². The van der Waals surface area contributed by atoms with Crippen LogP contribution in [0.15, 0.2) is 83.8 Å². The van der Waals surface area contributed by atoms with Gasteiger partial charge in [0, 0.05) is 32.0 Å². The fourth-order valence-corrected chi connectivity index (χ4v) is 6.30. The highest BCUT2D eigenvalue weighted by molar-refractivity contribution is 7.90. The Morgan fingerprint density at radius 2 is 1.59 bits per heavy atom. The molecule has 1 aliphatic rings. The number of amides is 3. The smallest absolute Gasteiger partial charge is 0.269 e. The summed E-state index contributed by atoms with van der Waals surface area (Å²) in [5, 5.41) is 2.93. The minimum atomic E-state index is -4.05. The zero-order chi connectivity index (χ0) is 28.2. The molecule has 0 saturated heterocycles. The Morgan fingerprint density at radius 3 is 2.26 bits per heavy atom. The Hall–Kier alpha value is -3.98. The lowest BCUT2D eigenvalue weighted by atomic mass is 10.0. The Kier molecular flexibility index (Phi) is 8.50. The highest BCUT2D eigenvalue weighted by Gasteiger charge is 2.41. The number of fused-ring (bicyclic) bond motifs is 1. The summed E-state index contributed by atoms with van der Waals surface area (Å²) in [5.74, 6) is -1.37. The summed E-state index contributed by atoms with van der Waals surface area (Å²) in [6.45, 7) is 5.49. The van der Waals surface area contributed by atoms with Crippen LogP contribution >= 0.6 is 0 Å². The largest absolute Gasteiger partial charge is 0.352 e. The fourth-order valence-electron chi connectivity index (χ4n) is 4.73. The molecule has 1 aliphatic heterocycles. The normalized spacial score (nSPS) is 14.7. The van der Waals surface area contributed by atoms with Crippen molar-refractivity contribution < 1.29 is 22.8 Å². The molecule has 0 bridgehead atoms. The van der Waals surface area contributed by atoms with Crippen molar-refractivity contribution in [2.75, 3.05) is 6.54 Å². The predicted octanol–water partition coefficient (Wildman–Crippen LogP) is 3.69. The second-order valence-corrected chi connectivity index (χ2v) is 11.8. The van der Waals surface area contributed by atoms with Gasteiger partial charge in [0.25, 0.3) is 15.9 Å². The molecular formula is C30H33N3O5S. The average molecular weight is 548 g/mol. The minimum Gasteiger partial charge on any atom is -0.352 e. The lowest BCUT2D eigenvalue weighted by Crippen LogP contribution is -2.52. The van der Waals surface area contributed by atoms with Crippen molar-refractivity contribution in [3.8, 4) is 0 Å². The van der Waals surface area contributed by atoms with Crippen molar-refractivity contribution in [1.82, 2.24) is 14.5 Å². The fraction of sp³-hybridized carbons (Fsp3) is 0.300. The van der Waals surface area contributed by atoms with Crippen LogP contribution in [-0.2, 0) is 32.6 Å². The molecule has 0 unspecified atom stereocenters. The molecule has 1 atom stereocenters. The molecule has 4 rings (SSSR count). The van der Waals surface area contributed by atoms with Gasteiger partial charge in [-0.25, -0.2) is 12.7 Å². The van der Waals surface area contributed by atoms with E-state index in [0.29, 0.717) is 0 Å². The van der Waals surface area contributed by atoms with Gasteiger partial charge in [-0.2, -0.15) is 0 Å². The van der Waals surface area contributed by atoms with Crippen LogP contribution in [0.5, 0.6) is 0 Å². The molecule has 0 fully saturated rings. The third-order valence-corrected chi connectivity index (χ3v) is 8.42. The monoisotopic (exact) mass is 547 g/mol. The first-order valence-electron chi connectivity index (χ1n) is 12.9. The second kappa shape index (κ2) is 11.8. The molecule has 0 aromatic heterocycles. The third kappa shape index (κ3) is 6.37. The number of benzene rings is 3. The second-order valence-electron chi connectivity index (χ2n) is 10.0. The first kappa shape index (κ1) is 28.0. The predicted molar refractivity (Wildman–Crippen MR) is 148 cm³/mol. The van der Waals surface area contributed by atoms with E-state index in [1.54, 1.807) is 12.1 Å². The lowest BCUT2D eigenvalue weighted by Gasteiger charge is -2.32. The Morgan fingerprint density at radius 1 is 0.923 bits per heavy atom. The van der Waals surface area contributed by atoms with Crippen molar-refractivity contribution in [1.29, 1.82) is 0 Å². The van der Waals surface area contributed by atoms with E-state index in [0.717, 1.165) is 21.0 Å². The summed E-state index contributed by atoms with van der Waals surface area (Å²) in [5.41, 5.74) is 2.84. The van der Waals surface area contributed by atoms with E-state index >= 15 is 0 Å². The first-order valence-corrected chi connectivity index (χ1v) is 14.4. The van der Waals surface area contributed by atoms with Crippen molar-refractivity contribution in [2.24, 2.45) is 0 Å². The van der Waals surface area contributed by atoms with E-state index in [9.17, 15) is 22.8 Å². The number of rotatable bonds is 10. The number of carbonyl (C=O) groups is 3. The van der Waals surface area contributed by atoms with Crippen LogP contribution in [0, 0.1) is 6.92 Å². The SMILES string of the molecule is Cc1cccc(CN(C(=O)CCN2C(=O)c3ccccc3S2(=O)=O)[C@H](Cc2ccccc2)C(=O)NC(C)C)c1. The van der Waals surface area contributed by atoms with Crippen LogP contribution in [-0.4, -0.2) is 54.0 Å². The van der Waals surface area contributed by atoms with Gasteiger partial charge in [0.15, 0.2) is 0 Å². The average Bonchev–Trinajstić information content (AvgIpc) is 3.09. The Bertz CT molecular complexity index is 1470. The van der Waals surface area contributed by atoms with E-state index in [2.05, 4.69) is 5.32 Å². The number of aryl methyl sites for hydroxylation is 1. The van der Waals surface area contributed by atoms with Gasteiger partial charge in [-0.1, -0.05) is 72.3 Å². The maximum atomic E-state index is 13.8. The van der Waals surface area contributed by atoms with Gasteiger partial charge in [0.05, 0.1) is 5.56 Å². The molecule has 8 nitrogen and oxygen atoms in total. The number of carbonyl (C=O) groups excluding carboxylic acids is 3. The molecule has 1 N–H and O–H groups in total. The van der Waals surface area contributed by atoms with Crippen LogP contribution < -0.4 is 5.32 Å². The summed E-state index contributed by atoms with van der Waals surface area (Å²) in [4.78, 5) is 41.6. The highest BCUT2D eigenvalue weighted by atomic mass is 32.2. The van der Waals surface area contributed by atoms with E-state index in [4.69, 9.17) is 0 Å².